The lowest BCUT2D eigenvalue weighted by atomic mass is 10.1. The Balaban J connectivity index is 4.01. The van der Waals surface area contributed by atoms with Crippen LogP contribution in [0.2, 0.25) is 0 Å². The molecule has 76 valence electrons. The van der Waals surface area contributed by atoms with Crippen molar-refractivity contribution in [1.82, 2.24) is 5.32 Å². The Labute approximate surface area is 80.2 Å². The van der Waals surface area contributed by atoms with E-state index in [0.29, 0.717) is 12.5 Å². The maximum absolute atomic E-state index is 11.2. The highest BCUT2D eigenvalue weighted by Crippen LogP contribution is 2.01. The fourth-order valence-corrected chi connectivity index (χ4v) is 0.963. The Morgan fingerprint density at radius 3 is 2.54 bits per heavy atom. The molecule has 0 aromatic rings. The second-order valence-corrected chi connectivity index (χ2v) is 3.31. The lowest BCUT2D eigenvalue weighted by molar-refractivity contribution is -0.117. The van der Waals surface area contributed by atoms with Gasteiger partial charge in [-0.05, 0) is 18.9 Å². The van der Waals surface area contributed by atoms with Gasteiger partial charge >= 0.3 is 0 Å². The van der Waals surface area contributed by atoms with E-state index in [1.165, 1.54) is 6.08 Å². The van der Waals surface area contributed by atoms with Crippen LogP contribution in [-0.4, -0.2) is 25.7 Å². The number of carbonyl (C=O) groups is 1. The van der Waals surface area contributed by atoms with E-state index in [4.69, 9.17) is 4.74 Å². The van der Waals surface area contributed by atoms with Crippen LogP contribution in [0.4, 0.5) is 0 Å². The highest BCUT2D eigenvalue weighted by Gasteiger charge is 2.13. The molecule has 1 N–H and O–H groups in total. The smallest absolute Gasteiger partial charge is 0.243 e. The minimum Gasteiger partial charge on any atom is -0.383 e. The van der Waals surface area contributed by atoms with Gasteiger partial charge in [-0.1, -0.05) is 19.9 Å². The monoisotopic (exact) mass is 185 g/mol. The number of nitrogens with one attached hydrogen (secondary N) is 1. The average molecular weight is 185 g/mol. The largest absolute Gasteiger partial charge is 0.383 e. The van der Waals surface area contributed by atoms with E-state index in [1.54, 1.807) is 13.2 Å². The Kier molecular flexibility index (Phi) is 6.24. The Morgan fingerprint density at radius 1 is 1.54 bits per heavy atom. The molecule has 0 rings (SSSR count). The van der Waals surface area contributed by atoms with Crippen LogP contribution in [0.25, 0.3) is 0 Å². The van der Waals surface area contributed by atoms with Crippen LogP contribution >= 0.6 is 0 Å². The summed E-state index contributed by atoms with van der Waals surface area (Å²) in [5.41, 5.74) is 0. The maximum Gasteiger partial charge on any atom is 0.243 e. The van der Waals surface area contributed by atoms with Crippen molar-refractivity contribution >= 4 is 5.91 Å². The third-order valence-corrected chi connectivity index (χ3v) is 1.80. The molecule has 13 heavy (non-hydrogen) atoms. The molecule has 0 saturated carbocycles. The molecule has 1 unspecified atom stereocenters. The summed E-state index contributed by atoms with van der Waals surface area (Å²) in [5, 5.41) is 2.87. The number of allylic oxidation sites excluding steroid dienone is 1. The molecule has 1 atom stereocenters. The third kappa shape index (κ3) is 5.42. The molecular formula is C10H19NO2. The van der Waals surface area contributed by atoms with E-state index in [9.17, 15) is 4.79 Å². The van der Waals surface area contributed by atoms with Crippen LogP contribution in [0.1, 0.15) is 20.8 Å². The molecule has 0 radical (unpaired) electrons. The van der Waals surface area contributed by atoms with Crippen LogP contribution in [0.15, 0.2) is 12.2 Å². The van der Waals surface area contributed by atoms with Crippen LogP contribution in [0.3, 0.4) is 0 Å². The quantitative estimate of drug-likeness (QED) is 0.657. The van der Waals surface area contributed by atoms with Gasteiger partial charge in [-0.25, -0.2) is 0 Å². The predicted molar refractivity (Wildman–Crippen MR) is 53.5 cm³/mol. The lowest BCUT2D eigenvalue weighted by Crippen LogP contribution is -2.40. The van der Waals surface area contributed by atoms with Crippen LogP contribution < -0.4 is 5.32 Å². The highest BCUT2D eigenvalue weighted by molar-refractivity contribution is 5.87. The van der Waals surface area contributed by atoms with Crippen molar-refractivity contribution in [1.29, 1.82) is 0 Å². The normalized spacial score (nSPS) is 13.6. The molecule has 0 heterocycles. The van der Waals surface area contributed by atoms with Crippen molar-refractivity contribution in [2.24, 2.45) is 5.92 Å². The fourth-order valence-electron chi connectivity index (χ4n) is 0.963. The van der Waals surface area contributed by atoms with Crippen LogP contribution in [0, 0.1) is 5.92 Å². The summed E-state index contributed by atoms with van der Waals surface area (Å²) in [4.78, 5) is 11.2. The van der Waals surface area contributed by atoms with Gasteiger partial charge in [0.05, 0.1) is 12.6 Å². The molecule has 0 aliphatic carbocycles. The van der Waals surface area contributed by atoms with Crippen LogP contribution in [0.5, 0.6) is 0 Å². The van der Waals surface area contributed by atoms with E-state index in [0.717, 1.165) is 0 Å². The summed E-state index contributed by atoms with van der Waals surface area (Å²) in [6.45, 7) is 6.49. The lowest BCUT2D eigenvalue weighted by Gasteiger charge is -2.20. The first-order valence-corrected chi connectivity index (χ1v) is 4.54. The number of rotatable bonds is 5. The molecule has 3 heteroatoms. The van der Waals surface area contributed by atoms with E-state index in [-0.39, 0.29) is 11.9 Å². The summed E-state index contributed by atoms with van der Waals surface area (Å²) in [6, 6.07) is 0.0914. The molecule has 0 spiro atoms. The molecule has 0 saturated heterocycles. The second kappa shape index (κ2) is 6.66. The highest BCUT2D eigenvalue weighted by atomic mass is 16.5. The minimum atomic E-state index is -0.0572. The van der Waals surface area contributed by atoms with Gasteiger partial charge < -0.3 is 10.1 Å². The fraction of sp³-hybridized carbons (Fsp3) is 0.700. The number of carbonyl (C=O) groups excluding carboxylic acids is 1. The predicted octanol–water partition coefficient (Wildman–Crippen LogP) is 1.35. The second-order valence-electron chi connectivity index (χ2n) is 3.31. The van der Waals surface area contributed by atoms with Crippen molar-refractivity contribution in [3.63, 3.8) is 0 Å². The number of amides is 1. The molecular weight excluding hydrogens is 166 g/mol. The Hall–Kier alpha value is -0.830. The van der Waals surface area contributed by atoms with Gasteiger partial charge in [0.1, 0.15) is 0 Å². The first-order valence-electron chi connectivity index (χ1n) is 4.54. The number of hydrogen-bond donors (Lipinski definition) is 1. The number of ether oxygens (including phenoxy) is 1. The van der Waals surface area contributed by atoms with Crippen molar-refractivity contribution in [3.05, 3.63) is 12.2 Å². The zero-order chi connectivity index (χ0) is 10.3. The Bertz CT molecular complexity index is 176. The van der Waals surface area contributed by atoms with E-state index in [2.05, 4.69) is 19.2 Å². The molecule has 3 nitrogen and oxygen atoms in total. The van der Waals surface area contributed by atoms with Gasteiger partial charge in [-0.3, -0.25) is 4.79 Å². The zero-order valence-corrected chi connectivity index (χ0v) is 8.83. The minimum absolute atomic E-state index is 0.0572. The van der Waals surface area contributed by atoms with Crippen LogP contribution in [-0.2, 0) is 9.53 Å². The Morgan fingerprint density at radius 2 is 2.15 bits per heavy atom. The van der Waals surface area contributed by atoms with Gasteiger partial charge in [0.25, 0.3) is 0 Å². The van der Waals surface area contributed by atoms with E-state index >= 15 is 0 Å². The van der Waals surface area contributed by atoms with Gasteiger partial charge in [-0.2, -0.15) is 0 Å². The summed E-state index contributed by atoms with van der Waals surface area (Å²) < 4.78 is 5.01. The SMILES string of the molecule is CC=CC(=O)NC(COC)C(C)C. The van der Waals surface area contributed by atoms with Crippen molar-refractivity contribution in [2.75, 3.05) is 13.7 Å². The summed E-state index contributed by atoms with van der Waals surface area (Å²) in [6.07, 6.45) is 3.24. The standard InChI is InChI=1S/C10H19NO2/c1-5-6-10(12)11-9(7-13-4)8(2)3/h5-6,8-9H,7H2,1-4H3,(H,11,12). The number of methoxy groups -OCH3 is 1. The van der Waals surface area contributed by atoms with E-state index in [1.807, 2.05) is 6.92 Å². The number of hydrogen-bond acceptors (Lipinski definition) is 2. The molecule has 0 fully saturated rings. The molecule has 0 aliphatic heterocycles. The zero-order valence-electron chi connectivity index (χ0n) is 8.83. The van der Waals surface area contributed by atoms with Gasteiger partial charge in [0, 0.05) is 7.11 Å². The summed E-state index contributed by atoms with van der Waals surface area (Å²) in [7, 11) is 1.64. The summed E-state index contributed by atoms with van der Waals surface area (Å²) >= 11 is 0. The molecule has 0 aliphatic rings. The topological polar surface area (TPSA) is 38.3 Å². The van der Waals surface area contributed by atoms with Gasteiger partial charge in [0.2, 0.25) is 5.91 Å². The third-order valence-electron chi connectivity index (χ3n) is 1.80. The van der Waals surface area contributed by atoms with Gasteiger partial charge in [-0.15, -0.1) is 0 Å². The van der Waals surface area contributed by atoms with Crippen molar-refractivity contribution in [3.8, 4) is 0 Å². The summed E-state index contributed by atoms with van der Waals surface area (Å²) in [5.74, 6) is 0.326. The maximum atomic E-state index is 11.2. The molecule has 0 aromatic carbocycles. The molecule has 0 aromatic heterocycles. The van der Waals surface area contributed by atoms with Crippen molar-refractivity contribution in [2.45, 2.75) is 26.8 Å². The van der Waals surface area contributed by atoms with E-state index < -0.39 is 0 Å². The first kappa shape index (κ1) is 12.2. The first-order chi connectivity index (χ1) is 6.11. The average Bonchev–Trinajstić information content (AvgIpc) is 2.04. The van der Waals surface area contributed by atoms with Gasteiger partial charge in [0.15, 0.2) is 0 Å². The molecule has 1 amide bonds. The van der Waals surface area contributed by atoms with Crippen molar-refractivity contribution < 1.29 is 9.53 Å². The molecule has 0 bridgehead atoms.